The van der Waals surface area contributed by atoms with Crippen LogP contribution in [-0.4, -0.2) is 41.4 Å². The topological polar surface area (TPSA) is 95.7 Å². The van der Waals surface area contributed by atoms with Crippen molar-refractivity contribution in [1.29, 1.82) is 0 Å². The van der Waals surface area contributed by atoms with Crippen LogP contribution in [0.2, 0.25) is 0 Å². The fourth-order valence-corrected chi connectivity index (χ4v) is 6.46. The molecule has 0 saturated carbocycles. The molecule has 240 valence electrons. The van der Waals surface area contributed by atoms with Crippen molar-refractivity contribution in [3.8, 4) is 16.9 Å². The SMILES string of the molecule is Cc1cc2c(N3CCCc4cc(-c5cnn(C6CCCCO6)c5)c(C(F)F)cc43)cc(OS(=O)(=O)C(F)(F)F)cc2n(C)c1=O. The summed E-state index contributed by atoms with van der Waals surface area (Å²) in [5, 5.41) is 4.77. The number of alkyl halides is 5. The van der Waals surface area contributed by atoms with Crippen molar-refractivity contribution < 1.29 is 39.3 Å². The van der Waals surface area contributed by atoms with Gasteiger partial charge in [-0.05, 0) is 68.4 Å². The van der Waals surface area contributed by atoms with Gasteiger partial charge in [-0.25, -0.2) is 13.5 Å². The molecule has 2 aromatic carbocycles. The Morgan fingerprint density at radius 2 is 1.84 bits per heavy atom. The minimum atomic E-state index is -6.04. The van der Waals surface area contributed by atoms with Crippen LogP contribution in [-0.2, 0) is 28.3 Å². The van der Waals surface area contributed by atoms with Gasteiger partial charge in [0.25, 0.3) is 12.0 Å². The van der Waals surface area contributed by atoms with Crippen LogP contribution < -0.4 is 14.6 Å². The molecule has 1 fully saturated rings. The van der Waals surface area contributed by atoms with Gasteiger partial charge in [0.15, 0.2) is 0 Å². The Morgan fingerprint density at radius 1 is 1.07 bits per heavy atom. The summed E-state index contributed by atoms with van der Waals surface area (Å²) < 4.78 is 106. The van der Waals surface area contributed by atoms with Crippen molar-refractivity contribution in [2.45, 2.75) is 57.2 Å². The van der Waals surface area contributed by atoms with E-state index in [0.717, 1.165) is 31.4 Å². The Hall–Kier alpha value is -3.98. The van der Waals surface area contributed by atoms with Gasteiger partial charge in [0.2, 0.25) is 0 Å². The number of anilines is 2. The molecule has 0 bridgehead atoms. The third-order valence-corrected chi connectivity index (χ3v) is 9.20. The molecule has 0 radical (unpaired) electrons. The second-order valence-electron chi connectivity index (χ2n) is 11.2. The highest BCUT2D eigenvalue weighted by molar-refractivity contribution is 7.88. The monoisotopic (exact) mass is 652 g/mol. The predicted molar refractivity (Wildman–Crippen MR) is 156 cm³/mol. The van der Waals surface area contributed by atoms with Gasteiger partial charge in [-0.2, -0.15) is 26.7 Å². The summed E-state index contributed by atoms with van der Waals surface area (Å²) in [4.78, 5) is 14.4. The number of halogens is 5. The smallest absolute Gasteiger partial charge is 0.376 e. The van der Waals surface area contributed by atoms with Gasteiger partial charge < -0.3 is 18.4 Å². The number of pyridine rings is 1. The summed E-state index contributed by atoms with van der Waals surface area (Å²) in [7, 11) is -4.64. The maximum absolute atomic E-state index is 14.6. The predicted octanol–water partition coefficient (Wildman–Crippen LogP) is 6.66. The van der Waals surface area contributed by atoms with E-state index in [9.17, 15) is 35.2 Å². The van der Waals surface area contributed by atoms with E-state index >= 15 is 0 Å². The van der Waals surface area contributed by atoms with E-state index in [4.69, 9.17) is 4.74 Å². The Labute approximate surface area is 254 Å². The molecule has 1 atom stereocenters. The number of nitrogens with zero attached hydrogens (tertiary/aromatic N) is 4. The molecule has 0 N–H and O–H groups in total. The zero-order chi connectivity index (χ0) is 32.3. The summed E-state index contributed by atoms with van der Waals surface area (Å²) in [6.07, 6.45) is 3.79. The number of hydrogen-bond acceptors (Lipinski definition) is 7. The summed E-state index contributed by atoms with van der Waals surface area (Å²) in [6.45, 7) is 2.43. The molecule has 1 saturated heterocycles. The molecule has 15 heteroatoms. The standard InChI is InChI=1S/C30H29F5N4O5S/c1-17-10-23-25(37(2)29(17)40)12-20(44-45(41,42)30(33,34)35)13-26(23)38-8-5-6-18-11-21(22(28(31)32)14-24(18)38)19-15-36-39(16-19)27-7-3-4-9-43-27/h10-16,27-28H,3-9H2,1-2H3. The molecule has 2 aliphatic heterocycles. The van der Waals surface area contributed by atoms with Crippen LogP contribution in [0.1, 0.15) is 55.0 Å². The molecule has 2 aromatic heterocycles. The van der Waals surface area contributed by atoms with Gasteiger partial charge in [-0.1, -0.05) is 0 Å². The molecule has 6 rings (SSSR count). The molecule has 9 nitrogen and oxygen atoms in total. The summed E-state index contributed by atoms with van der Waals surface area (Å²) in [5.74, 6) is -0.677. The van der Waals surface area contributed by atoms with E-state index in [2.05, 4.69) is 9.28 Å². The van der Waals surface area contributed by atoms with Gasteiger partial charge in [0.05, 0.1) is 17.4 Å². The second kappa shape index (κ2) is 11.4. The summed E-state index contributed by atoms with van der Waals surface area (Å²) in [5.41, 5.74) is -3.93. The molecule has 45 heavy (non-hydrogen) atoms. The Bertz CT molecular complexity index is 1950. The van der Waals surface area contributed by atoms with E-state index in [1.807, 2.05) is 0 Å². The number of hydrogen-bond donors (Lipinski definition) is 0. The Kier molecular flexibility index (Phi) is 7.88. The first-order valence-electron chi connectivity index (χ1n) is 14.3. The minimum absolute atomic E-state index is 0.102. The van der Waals surface area contributed by atoms with E-state index in [1.54, 1.807) is 28.8 Å². The number of aromatic nitrogens is 3. The molecule has 0 amide bonds. The van der Waals surface area contributed by atoms with Crippen LogP contribution in [0, 0.1) is 6.92 Å². The van der Waals surface area contributed by atoms with Crippen molar-refractivity contribution in [2.24, 2.45) is 7.05 Å². The molecular formula is C30H29F5N4O5S. The average molecular weight is 653 g/mol. The van der Waals surface area contributed by atoms with E-state index in [-0.39, 0.29) is 29.5 Å². The van der Waals surface area contributed by atoms with E-state index in [0.29, 0.717) is 52.8 Å². The first-order valence-corrected chi connectivity index (χ1v) is 15.7. The highest BCUT2D eigenvalue weighted by Crippen LogP contribution is 2.44. The Balaban J connectivity index is 1.50. The number of fused-ring (bicyclic) bond motifs is 2. The highest BCUT2D eigenvalue weighted by atomic mass is 32.2. The van der Waals surface area contributed by atoms with Gasteiger partial charge in [-0.3, -0.25) is 4.79 Å². The lowest BCUT2D eigenvalue weighted by molar-refractivity contribution is -0.0500. The van der Waals surface area contributed by atoms with E-state index < -0.39 is 33.4 Å². The minimum Gasteiger partial charge on any atom is -0.376 e. The zero-order valence-electron chi connectivity index (χ0n) is 24.3. The van der Waals surface area contributed by atoms with Gasteiger partial charge >= 0.3 is 15.6 Å². The van der Waals surface area contributed by atoms with Crippen LogP contribution in [0.25, 0.3) is 22.0 Å². The third-order valence-electron chi connectivity index (χ3n) is 8.22. The summed E-state index contributed by atoms with van der Waals surface area (Å²) >= 11 is 0. The van der Waals surface area contributed by atoms with Crippen molar-refractivity contribution >= 4 is 32.4 Å². The first kappa shape index (κ1) is 31.0. The van der Waals surface area contributed by atoms with Crippen LogP contribution in [0.4, 0.5) is 33.3 Å². The van der Waals surface area contributed by atoms with Gasteiger partial charge in [0, 0.05) is 66.3 Å². The van der Waals surface area contributed by atoms with Gasteiger partial charge in [-0.15, -0.1) is 0 Å². The molecular weight excluding hydrogens is 623 g/mol. The molecule has 0 aliphatic carbocycles. The largest absolute Gasteiger partial charge is 0.534 e. The van der Waals surface area contributed by atoms with Crippen LogP contribution in [0.15, 0.2) is 47.5 Å². The zero-order valence-corrected chi connectivity index (χ0v) is 25.1. The van der Waals surface area contributed by atoms with Gasteiger partial charge in [0.1, 0.15) is 12.0 Å². The maximum Gasteiger partial charge on any atom is 0.534 e. The first-order chi connectivity index (χ1) is 21.2. The fraction of sp³-hybridized carbons (Fsp3) is 0.400. The normalized spacial score (nSPS) is 17.6. The lowest BCUT2D eigenvalue weighted by Gasteiger charge is -2.34. The molecule has 4 aromatic rings. The quantitative estimate of drug-likeness (QED) is 0.131. The number of aryl methyl sites for hydroxylation is 3. The fourth-order valence-electron chi connectivity index (χ4n) is 6.02. The third kappa shape index (κ3) is 5.67. The second-order valence-corrected chi connectivity index (χ2v) is 12.7. The van der Waals surface area contributed by atoms with Crippen LogP contribution >= 0.6 is 0 Å². The summed E-state index contributed by atoms with van der Waals surface area (Å²) in [6, 6.07) is 6.71. The van der Waals surface area contributed by atoms with E-state index in [1.165, 1.54) is 29.9 Å². The highest BCUT2D eigenvalue weighted by Gasteiger charge is 2.48. The molecule has 0 spiro atoms. The van der Waals surface area contributed by atoms with Crippen LogP contribution in [0.3, 0.4) is 0 Å². The Morgan fingerprint density at radius 3 is 2.53 bits per heavy atom. The number of rotatable bonds is 6. The van der Waals surface area contributed by atoms with Crippen molar-refractivity contribution in [2.75, 3.05) is 18.1 Å². The molecule has 1 unspecified atom stereocenters. The van der Waals surface area contributed by atoms with Crippen molar-refractivity contribution in [3.63, 3.8) is 0 Å². The maximum atomic E-state index is 14.6. The number of ether oxygens (including phenoxy) is 1. The molecule has 4 heterocycles. The van der Waals surface area contributed by atoms with Crippen LogP contribution in [0.5, 0.6) is 5.75 Å². The number of benzene rings is 2. The molecule has 2 aliphatic rings. The average Bonchev–Trinajstić information content (AvgIpc) is 3.49. The lowest BCUT2D eigenvalue weighted by Crippen LogP contribution is -2.29. The van der Waals surface area contributed by atoms with Crippen molar-refractivity contribution in [3.05, 3.63) is 69.8 Å². The van der Waals surface area contributed by atoms with Crippen molar-refractivity contribution in [1.82, 2.24) is 14.3 Å². The lowest BCUT2D eigenvalue weighted by atomic mass is 9.92.